The number of fused-ring (bicyclic) bond motifs is 4. The van der Waals surface area contributed by atoms with Gasteiger partial charge in [-0.15, -0.1) is 0 Å². The van der Waals surface area contributed by atoms with E-state index < -0.39 is 12.1 Å². The zero-order valence-corrected chi connectivity index (χ0v) is 28.4. The van der Waals surface area contributed by atoms with Gasteiger partial charge in [-0.05, 0) is 82.4 Å². The Morgan fingerprint density at radius 1 is 0.824 bits per heavy atom. The number of ether oxygens (including phenoxy) is 2. The SMILES string of the molecule is Cc1ccc(C(=O)OCc2ccc(C(CNC(=O)OCC3c4ccccc4-c4ccccc43)N(C=O)c3ccc4cnccc4c3)cc2)c(C)c1. The van der Waals surface area contributed by atoms with E-state index in [1.807, 2.05) is 98.8 Å². The molecular weight excluding hydrogens is 638 g/mol. The van der Waals surface area contributed by atoms with Crippen LogP contribution in [0.25, 0.3) is 21.9 Å². The Kier molecular flexibility index (Phi) is 9.57. The highest BCUT2D eigenvalue weighted by Gasteiger charge is 2.29. The summed E-state index contributed by atoms with van der Waals surface area (Å²) >= 11 is 0. The van der Waals surface area contributed by atoms with E-state index in [2.05, 4.69) is 34.6 Å². The number of alkyl carbamates (subject to hydrolysis) is 1. The number of nitrogens with zero attached hydrogens (tertiary/aromatic N) is 2. The van der Waals surface area contributed by atoms with Gasteiger partial charge in [0.25, 0.3) is 0 Å². The first-order chi connectivity index (χ1) is 24.9. The van der Waals surface area contributed by atoms with Crippen molar-refractivity contribution in [1.29, 1.82) is 0 Å². The van der Waals surface area contributed by atoms with Crippen molar-refractivity contribution in [3.8, 4) is 11.1 Å². The van der Waals surface area contributed by atoms with Gasteiger partial charge in [0.15, 0.2) is 0 Å². The van der Waals surface area contributed by atoms with Gasteiger partial charge in [0.2, 0.25) is 6.41 Å². The fourth-order valence-electron chi connectivity index (χ4n) is 6.86. The molecule has 1 heterocycles. The molecule has 1 aromatic heterocycles. The number of anilines is 1. The molecule has 5 aromatic carbocycles. The predicted octanol–water partition coefficient (Wildman–Crippen LogP) is 8.45. The molecule has 2 amide bonds. The van der Waals surface area contributed by atoms with E-state index in [4.69, 9.17) is 9.47 Å². The molecular formula is C43H37N3O5. The minimum Gasteiger partial charge on any atom is -0.457 e. The zero-order valence-electron chi connectivity index (χ0n) is 28.4. The number of carbonyl (C=O) groups excluding carboxylic acids is 3. The van der Waals surface area contributed by atoms with Crippen molar-refractivity contribution in [2.45, 2.75) is 32.4 Å². The molecule has 1 N–H and O–H groups in total. The molecule has 1 aliphatic rings. The van der Waals surface area contributed by atoms with Crippen molar-refractivity contribution in [1.82, 2.24) is 10.3 Å². The molecule has 254 valence electrons. The summed E-state index contributed by atoms with van der Waals surface area (Å²) in [5.74, 6) is -0.463. The first-order valence-electron chi connectivity index (χ1n) is 16.9. The molecule has 0 saturated heterocycles. The van der Waals surface area contributed by atoms with Crippen LogP contribution in [0.4, 0.5) is 10.5 Å². The van der Waals surface area contributed by atoms with Crippen molar-refractivity contribution >= 4 is 34.9 Å². The topological polar surface area (TPSA) is 97.8 Å². The summed E-state index contributed by atoms with van der Waals surface area (Å²) in [7, 11) is 0. The van der Waals surface area contributed by atoms with Crippen LogP contribution in [0.15, 0.2) is 128 Å². The number of aromatic nitrogens is 1. The number of carbonyl (C=O) groups is 3. The number of benzene rings is 5. The molecule has 0 radical (unpaired) electrons. The Labute approximate surface area is 296 Å². The van der Waals surface area contributed by atoms with Gasteiger partial charge in [0.1, 0.15) is 13.2 Å². The molecule has 8 nitrogen and oxygen atoms in total. The van der Waals surface area contributed by atoms with Crippen LogP contribution in [-0.4, -0.2) is 36.6 Å². The molecule has 7 rings (SSSR count). The van der Waals surface area contributed by atoms with Gasteiger partial charge in [0, 0.05) is 35.9 Å². The molecule has 1 unspecified atom stereocenters. The van der Waals surface area contributed by atoms with Crippen LogP contribution in [0.5, 0.6) is 0 Å². The van der Waals surface area contributed by atoms with Crippen LogP contribution in [0, 0.1) is 13.8 Å². The average molecular weight is 676 g/mol. The minimum absolute atomic E-state index is 0.0749. The summed E-state index contributed by atoms with van der Waals surface area (Å²) < 4.78 is 11.4. The fraction of sp³-hybridized carbons (Fsp3) is 0.163. The van der Waals surface area contributed by atoms with Gasteiger partial charge in [-0.25, -0.2) is 9.59 Å². The largest absolute Gasteiger partial charge is 0.457 e. The number of rotatable bonds is 11. The van der Waals surface area contributed by atoms with Gasteiger partial charge in [-0.3, -0.25) is 9.78 Å². The summed E-state index contributed by atoms with van der Waals surface area (Å²) in [6.07, 6.45) is 3.67. The second-order valence-corrected chi connectivity index (χ2v) is 12.8. The zero-order chi connectivity index (χ0) is 35.3. The molecule has 1 aliphatic carbocycles. The van der Waals surface area contributed by atoms with Crippen LogP contribution in [0.2, 0.25) is 0 Å². The number of esters is 1. The van der Waals surface area contributed by atoms with Gasteiger partial charge in [0.05, 0.1) is 11.6 Å². The second kappa shape index (κ2) is 14.7. The minimum atomic E-state index is -0.577. The summed E-state index contributed by atoms with van der Waals surface area (Å²) in [5.41, 5.74) is 9.26. The van der Waals surface area contributed by atoms with Crippen LogP contribution in [0.1, 0.15) is 55.7 Å². The van der Waals surface area contributed by atoms with Crippen LogP contribution in [0.3, 0.4) is 0 Å². The second-order valence-electron chi connectivity index (χ2n) is 12.8. The highest BCUT2D eigenvalue weighted by atomic mass is 16.5. The lowest BCUT2D eigenvalue weighted by Crippen LogP contribution is -2.38. The van der Waals surface area contributed by atoms with Crippen molar-refractivity contribution < 1.29 is 23.9 Å². The van der Waals surface area contributed by atoms with E-state index in [1.165, 1.54) is 0 Å². The highest BCUT2D eigenvalue weighted by molar-refractivity contribution is 5.91. The molecule has 1 atom stereocenters. The molecule has 0 fully saturated rings. The molecule has 0 aliphatic heterocycles. The molecule has 6 aromatic rings. The monoisotopic (exact) mass is 675 g/mol. The summed E-state index contributed by atoms with van der Waals surface area (Å²) in [6.45, 7) is 4.22. The Morgan fingerprint density at radius 2 is 1.55 bits per heavy atom. The number of amides is 2. The van der Waals surface area contributed by atoms with Crippen LogP contribution < -0.4 is 10.2 Å². The smallest absolute Gasteiger partial charge is 0.407 e. The Bertz CT molecular complexity index is 2190. The van der Waals surface area contributed by atoms with E-state index >= 15 is 0 Å². The third kappa shape index (κ3) is 7.07. The molecule has 0 spiro atoms. The van der Waals surface area contributed by atoms with Gasteiger partial charge in [-0.2, -0.15) is 0 Å². The Hall–Kier alpha value is -6.28. The summed E-state index contributed by atoms with van der Waals surface area (Å²) in [5, 5.41) is 4.79. The molecule has 0 saturated carbocycles. The maximum absolute atomic E-state index is 13.2. The van der Waals surface area contributed by atoms with E-state index in [0.29, 0.717) is 11.3 Å². The summed E-state index contributed by atoms with van der Waals surface area (Å²) in [4.78, 5) is 44.6. The van der Waals surface area contributed by atoms with E-state index in [9.17, 15) is 14.4 Å². The van der Waals surface area contributed by atoms with Crippen molar-refractivity contribution in [3.63, 3.8) is 0 Å². The maximum Gasteiger partial charge on any atom is 0.407 e. The van der Waals surface area contributed by atoms with Crippen LogP contribution in [-0.2, 0) is 20.9 Å². The van der Waals surface area contributed by atoms with E-state index in [0.717, 1.165) is 61.7 Å². The number of hydrogen-bond acceptors (Lipinski definition) is 6. The lowest BCUT2D eigenvalue weighted by Gasteiger charge is -2.29. The molecule has 0 bridgehead atoms. The quantitative estimate of drug-likeness (QED) is 0.109. The van der Waals surface area contributed by atoms with Gasteiger partial charge in [-0.1, -0.05) is 96.6 Å². The lowest BCUT2D eigenvalue weighted by atomic mass is 9.98. The fourth-order valence-corrected chi connectivity index (χ4v) is 6.86. The van der Waals surface area contributed by atoms with Crippen LogP contribution >= 0.6 is 0 Å². The van der Waals surface area contributed by atoms with Gasteiger partial charge < -0.3 is 19.7 Å². The standard InChI is InChI=1S/C43H37N3O5/c1-28-11-18-35(29(2)21-28)42(48)50-25-30-12-14-31(15-13-30)41(46(27-47)34-17-16-33-23-44-20-19-32(33)22-34)24-45-43(49)51-26-40-38-9-5-3-7-36(38)37-8-4-6-10-39(37)40/h3-23,27,40-41H,24-26H2,1-2H3,(H,45,49). The van der Waals surface area contributed by atoms with E-state index in [1.54, 1.807) is 23.4 Å². The predicted molar refractivity (Wildman–Crippen MR) is 198 cm³/mol. The first kappa shape index (κ1) is 33.2. The number of aryl methyl sites for hydroxylation is 2. The van der Waals surface area contributed by atoms with Crippen molar-refractivity contribution in [2.24, 2.45) is 0 Å². The Morgan fingerprint density at radius 3 is 2.25 bits per heavy atom. The van der Waals surface area contributed by atoms with E-state index in [-0.39, 0.29) is 31.6 Å². The van der Waals surface area contributed by atoms with Gasteiger partial charge >= 0.3 is 12.1 Å². The molecule has 51 heavy (non-hydrogen) atoms. The average Bonchev–Trinajstić information content (AvgIpc) is 3.48. The lowest BCUT2D eigenvalue weighted by molar-refractivity contribution is -0.107. The third-order valence-corrected chi connectivity index (χ3v) is 9.49. The summed E-state index contributed by atoms with van der Waals surface area (Å²) in [6, 6.07) is 36.5. The number of nitrogens with one attached hydrogen (secondary N) is 1. The van der Waals surface area contributed by atoms with Crippen molar-refractivity contribution in [3.05, 3.63) is 167 Å². The maximum atomic E-state index is 13.2. The number of pyridine rings is 1. The normalized spacial score (nSPS) is 12.4. The third-order valence-electron chi connectivity index (χ3n) is 9.49. The highest BCUT2D eigenvalue weighted by Crippen LogP contribution is 2.44. The van der Waals surface area contributed by atoms with Crippen molar-refractivity contribution in [2.75, 3.05) is 18.1 Å². The first-order valence-corrected chi connectivity index (χ1v) is 16.9. The number of hydrogen-bond donors (Lipinski definition) is 1. The Balaban J connectivity index is 1.08. The molecule has 8 heteroatoms.